The summed E-state index contributed by atoms with van der Waals surface area (Å²) >= 11 is 0. The lowest BCUT2D eigenvalue weighted by molar-refractivity contribution is -0.123. The van der Waals surface area contributed by atoms with Gasteiger partial charge >= 0.3 is 6.09 Å². The lowest BCUT2D eigenvalue weighted by atomic mass is 10.1. The van der Waals surface area contributed by atoms with E-state index in [0.29, 0.717) is 13.0 Å². The first kappa shape index (κ1) is 25.4. The van der Waals surface area contributed by atoms with Gasteiger partial charge in [0, 0.05) is 6.42 Å². The van der Waals surface area contributed by atoms with Gasteiger partial charge in [0.05, 0.1) is 12.8 Å². The molecule has 0 aromatic heterocycles. The Labute approximate surface area is 216 Å². The number of hydrazone groups is 1. The number of amides is 2. The molecule has 0 unspecified atom stereocenters. The average molecular weight is 496 g/mol. The average Bonchev–Trinajstić information content (AvgIpc) is 2.93. The van der Waals surface area contributed by atoms with Crippen molar-refractivity contribution in [3.8, 4) is 5.75 Å². The Balaban J connectivity index is 1.33. The zero-order valence-electron chi connectivity index (χ0n) is 20.6. The zero-order valence-corrected chi connectivity index (χ0v) is 20.6. The first-order chi connectivity index (χ1) is 18.1. The maximum atomic E-state index is 12.7. The van der Waals surface area contributed by atoms with Crippen molar-refractivity contribution in [3.63, 3.8) is 0 Å². The van der Waals surface area contributed by atoms with E-state index >= 15 is 0 Å². The summed E-state index contributed by atoms with van der Waals surface area (Å²) in [6.07, 6.45) is 1.20. The highest BCUT2D eigenvalue weighted by Crippen LogP contribution is 2.21. The number of fused-ring (bicyclic) bond motifs is 1. The van der Waals surface area contributed by atoms with E-state index in [4.69, 9.17) is 9.47 Å². The molecule has 0 saturated carbocycles. The van der Waals surface area contributed by atoms with Crippen LogP contribution >= 0.6 is 0 Å². The smallest absolute Gasteiger partial charge is 0.407 e. The van der Waals surface area contributed by atoms with Crippen LogP contribution in [0.25, 0.3) is 10.8 Å². The fourth-order valence-electron chi connectivity index (χ4n) is 3.85. The number of carbonyl (C=O) groups is 2. The van der Waals surface area contributed by atoms with Gasteiger partial charge in [0.25, 0.3) is 5.91 Å². The van der Waals surface area contributed by atoms with Gasteiger partial charge in [0.2, 0.25) is 0 Å². The number of hydrogen-bond acceptors (Lipinski definition) is 5. The minimum absolute atomic E-state index is 0.214. The molecule has 7 heteroatoms. The molecule has 0 spiro atoms. The van der Waals surface area contributed by atoms with E-state index in [9.17, 15) is 9.59 Å². The van der Waals surface area contributed by atoms with Gasteiger partial charge in [-0.3, -0.25) is 4.79 Å². The van der Waals surface area contributed by atoms with Gasteiger partial charge in [-0.2, -0.15) is 5.10 Å². The van der Waals surface area contributed by atoms with Crippen LogP contribution in [0.4, 0.5) is 4.79 Å². The van der Waals surface area contributed by atoms with Crippen LogP contribution in [0.3, 0.4) is 0 Å². The fourth-order valence-corrected chi connectivity index (χ4v) is 3.85. The summed E-state index contributed by atoms with van der Waals surface area (Å²) in [7, 11) is 0. The molecule has 0 heterocycles. The molecule has 2 amide bonds. The van der Waals surface area contributed by atoms with Crippen LogP contribution in [0.2, 0.25) is 0 Å². The summed E-state index contributed by atoms with van der Waals surface area (Å²) in [6, 6.07) is 30.4. The fraction of sp³-hybridized carbons (Fsp3) is 0.167. The number of nitrogens with one attached hydrogen (secondary N) is 2. The Kier molecular flexibility index (Phi) is 8.86. The monoisotopic (exact) mass is 495 g/mol. The third-order valence-electron chi connectivity index (χ3n) is 5.71. The van der Waals surface area contributed by atoms with Crippen LogP contribution in [0.1, 0.15) is 23.6 Å². The quantitative estimate of drug-likeness (QED) is 0.233. The van der Waals surface area contributed by atoms with Gasteiger partial charge in [-0.15, -0.1) is 0 Å². The third-order valence-corrected chi connectivity index (χ3v) is 5.71. The largest absolute Gasteiger partial charge is 0.489 e. The van der Waals surface area contributed by atoms with E-state index in [1.807, 2.05) is 72.8 Å². The van der Waals surface area contributed by atoms with E-state index in [2.05, 4.69) is 40.1 Å². The zero-order chi connectivity index (χ0) is 25.9. The topological polar surface area (TPSA) is 89.0 Å². The molecule has 4 aromatic rings. The van der Waals surface area contributed by atoms with Crippen LogP contribution in [0.5, 0.6) is 5.75 Å². The summed E-state index contributed by atoms with van der Waals surface area (Å²) in [5, 5.41) is 9.01. The van der Waals surface area contributed by atoms with E-state index in [1.54, 1.807) is 6.92 Å². The molecule has 0 saturated heterocycles. The van der Waals surface area contributed by atoms with Crippen molar-refractivity contribution >= 4 is 29.0 Å². The Morgan fingerprint density at radius 2 is 1.62 bits per heavy atom. The lowest BCUT2D eigenvalue weighted by Gasteiger charge is -2.16. The molecule has 0 fully saturated rings. The van der Waals surface area contributed by atoms with Crippen molar-refractivity contribution in [3.05, 3.63) is 114 Å². The number of alkyl carbamates (subject to hydrolysis) is 1. The van der Waals surface area contributed by atoms with Crippen LogP contribution in [0, 0.1) is 0 Å². The van der Waals surface area contributed by atoms with Crippen LogP contribution in [-0.2, 0) is 22.6 Å². The third kappa shape index (κ3) is 7.41. The van der Waals surface area contributed by atoms with Crippen molar-refractivity contribution in [1.82, 2.24) is 10.7 Å². The van der Waals surface area contributed by atoms with E-state index < -0.39 is 18.0 Å². The molecule has 0 aliphatic heterocycles. The standard InChI is InChI=1S/C30H29N3O4/c1-2-36-30(35)32-28(19-22-9-4-3-5-10-22)29(34)33-31-20-23-15-17-26(18-16-23)37-21-25-13-8-12-24-11-6-7-14-27(24)25/h3-18,20,28H,2,19,21H2,1H3,(H,32,35)(H,33,34)/b31-20-/t28-/m0/s1. The van der Waals surface area contributed by atoms with Gasteiger partial charge in [-0.1, -0.05) is 72.8 Å². The molecule has 1 atom stereocenters. The maximum Gasteiger partial charge on any atom is 0.407 e. The van der Waals surface area contributed by atoms with Crippen LogP contribution in [0.15, 0.2) is 102 Å². The molecular weight excluding hydrogens is 466 g/mol. The highest BCUT2D eigenvalue weighted by Gasteiger charge is 2.21. The minimum Gasteiger partial charge on any atom is -0.489 e. The second-order valence-electron chi connectivity index (χ2n) is 8.34. The van der Waals surface area contributed by atoms with Gasteiger partial charge < -0.3 is 14.8 Å². The van der Waals surface area contributed by atoms with Gasteiger partial charge in [-0.05, 0) is 58.7 Å². The van der Waals surface area contributed by atoms with Crippen LogP contribution in [-0.4, -0.2) is 30.9 Å². The highest BCUT2D eigenvalue weighted by atomic mass is 16.5. The number of nitrogens with zero attached hydrogens (tertiary/aromatic N) is 1. The normalized spacial score (nSPS) is 11.7. The van der Waals surface area contributed by atoms with Crippen molar-refractivity contribution in [2.45, 2.75) is 26.0 Å². The van der Waals surface area contributed by atoms with E-state index in [-0.39, 0.29) is 6.61 Å². The van der Waals surface area contributed by atoms with E-state index in [0.717, 1.165) is 22.4 Å². The maximum absolute atomic E-state index is 12.7. The van der Waals surface area contributed by atoms with E-state index in [1.165, 1.54) is 17.0 Å². The molecule has 2 N–H and O–H groups in total. The summed E-state index contributed by atoms with van der Waals surface area (Å²) < 4.78 is 10.9. The molecule has 188 valence electrons. The summed E-state index contributed by atoms with van der Waals surface area (Å²) in [4.78, 5) is 24.6. The molecule has 4 rings (SSSR count). The predicted octanol–water partition coefficient (Wildman–Crippen LogP) is 5.23. The Hall–Kier alpha value is -4.65. The van der Waals surface area contributed by atoms with Crippen LogP contribution < -0.4 is 15.5 Å². The van der Waals surface area contributed by atoms with Gasteiger partial charge in [0.15, 0.2) is 0 Å². The summed E-state index contributed by atoms with van der Waals surface area (Å²) in [6.45, 7) is 2.38. The number of carbonyl (C=O) groups excluding carboxylic acids is 2. The molecule has 0 bridgehead atoms. The SMILES string of the molecule is CCOC(=O)N[C@@H](Cc1ccccc1)C(=O)N/N=C\c1ccc(OCc2cccc3ccccc23)cc1. The number of rotatable bonds is 10. The minimum atomic E-state index is -0.830. The molecule has 0 aliphatic rings. The van der Waals surface area contributed by atoms with Gasteiger partial charge in [0.1, 0.15) is 18.4 Å². The van der Waals surface area contributed by atoms with Gasteiger partial charge in [-0.25, -0.2) is 10.2 Å². The predicted molar refractivity (Wildman–Crippen MR) is 145 cm³/mol. The molecule has 0 aliphatic carbocycles. The van der Waals surface area contributed by atoms with Crippen molar-refractivity contribution in [1.29, 1.82) is 0 Å². The summed E-state index contributed by atoms with van der Waals surface area (Å²) in [5.41, 5.74) is 5.32. The highest BCUT2D eigenvalue weighted by molar-refractivity contribution is 5.88. The Morgan fingerprint density at radius 3 is 2.41 bits per heavy atom. The Morgan fingerprint density at radius 1 is 0.892 bits per heavy atom. The molecular formula is C30H29N3O4. The number of ether oxygens (including phenoxy) is 2. The lowest BCUT2D eigenvalue weighted by Crippen LogP contribution is -2.47. The Bertz CT molecular complexity index is 1350. The summed E-state index contributed by atoms with van der Waals surface area (Å²) in [5.74, 6) is 0.291. The molecule has 7 nitrogen and oxygen atoms in total. The number of benzene rings is 4. The molecule has 4 aromatic carbocycles. The second-order valence-corrected chi connectivity index (χ2v) is 8.34. The van der Waals surface area contributed by atoms with Crippen molar-refractivity contribution in [2.75, 3.05) is 6.61 Å². The first-order valence-corrected chi connectivity index (χ1v) is 12.1. The number of hydrogen-bond donors (Lipinski definition) is 2. The van der Waals surface area contributed by atoms with Crippen molar-refractivity contribution in [2.24, 2.45) is 5.10 Å². The second kappa shape index (κ2) is 12.9. The molecule has 37 heavy (non-hydrogen) atoms. The first-order valence-electron chi connectivity index (χ1n) is 12.1. The molecule has 0 radical (unpaired) electrons. The van der Waals surface area contributed by atoms with Crippen molar-refractivity contribution < 1.29 is 19.1 Å².